The molecule has 2 aromatic rings. The predicted octanol–water partition coefficient (Wildman–Crippen LogP) is 1.43. The van der Waals surface area contributed by atoms with Crippen molar-refractivity contribution in [2.45, 2.75) is 12.5 Å². The number of aliphatic hydroxyl groups excluding tert-OH is 1. The second-order valence-electron chi connectivity index (χ2n) is 4.30. The zero-order valence-electron chi connectivity index (χ0n) is 10.8. The SMILES string of the molecule is COc1ccc(CC(O)c2cnn(C)c2N)cc1F. The molecule has 5 nitrogen and oxygen atoms in total. The molecule has 0 bridgehead atoms. The average Bonchev–Trinajstić information content (AvgIpc) is 2.70. The number of aromatic nitrogens is 2. The Kier molecular flexibility index (Phi) is 3.71. The quantitative estimate of drug-likeness (QED) is 0.877. The van der Waals surface area contributed by atoms with Crippen LogP contribution >= 0.6 is 0 Å². The van der Waals surface area contributed by atoms with Crippen molar-refractivity contribution < 1.29 is 14.2 Å². The number of aryl methyl sites for hydroxylation is 1. The van der Waals surface area contributed by atoms with Crippen molar-refractivity contribution in [1.82, 2.24) is 9.78 Å². The Morgan fingerprint density at radius 2 is 2.26 bits per heavy atom. The van der Waals surface area contributed by atoms with Crippen LogP contribution in [0, 0.1) is 5.82 Å². The summed E-state index contributed by atoms with van der Waals surface area (Å²) in [5, 5.41) is 14.1. The molecule has 0 aliphatic heterocycles. The van der Waals surface area contributed by atoms with Gasteiger partial charge in [0, 0.05) is 19.0 Å². The normalized spacial score (nSPS) is 12.4. The van der Waals surface area contributed by atoms with E-state index >= 15 is 0 Å². The molecule has 0 radical (unpaired) electrons. The fraction of sp³-hybridized carbons (Fsp3) is 0.308. The summed E-state index contributed by atoms with van der Waals surface area (Å²) >= 11 is 0. The standard InChI is InChI=1S/C13H16FN3O2/c1-17-13(15)9(7-16-17)11(18)6-8-3-4-12(19-2)10(14)5-8/h3-5,7,11,18H,6,15H2,1-2H3. The van der Waals surface area contributed by atoms with Crippen LogP contribution in [-0.4, -0.2) is 22.0 Å². The Labute approximate surface area is 110 Å². The van der Waals surface area contributed by atoms with E-state index in [2.05, 4.69) is 5.10 Å². The van der Waals surface area contributed by atoms with Crippen LogP contribution in [0.5, 0.6) is 5.75 Å². The fourth-order valence-corrected chi connectivity index (χ4v) is 1.89. The lowest BCUT2D eigenvalue weighted by Crippen LogP contribution is -2.06. The van der Waals surface area contributed by atoms with E-state index in [0.29, 0.717) is 16.9 Å². The van der Waals surface area contributed by atoms with Gasteiger partial charge in [-0.05, 0) is 17.7 Å². The Balaban J connectivity index is 2.17. The Bertz CT molecular complexity index is 583. The largest absolute Gasteiger partial charge is 0.494 e. The second kappa shape index (κ2) is 5.27. The van der Waals surface area contributed by atoms with Gasteiger partial charge in [0.05, 0.1) is 19.4 Å². The molecule has 0 spiro atoms. The summed E-state index contributed by atoms with van der Waals surface area (Å²) in [6, 6.07) is 4.58. The third-order valence-electron chi connectivity index (χ3n) is 3.02. The molecule has 19 heavy (non-hydrogen) atoms. The van der Waals surface area contributed by atoms with Crippen molar-refractivity contribution in [1.29, 1.82) is 0 Å². The number of nitrogens with zero attached hydrogens (tertiary/aromatic N) is 2. The molecule has 0 aliphatic carbocycles. The third-order valence-corrected chi connectivity index (χ3v) is 3.02. The lowest BCUT2D eigenvalue weighted by atomic mass is 10.0. The zero-order chi connectivity index (χ0) is 14.0. The minimum atomic E-state index is -0.818. The first kappa shape index (κ1) is 13.4. The van der Waals surface area contributed by atoms with Crippen LogP contribution in [-0.2, 0) is 13.5 Å². The van der Waals surface area contributed by atoms with Crippen LogP contribution in [0.2, 0.25) is 0 Å². The topological polar surface area (TPSA) is 73.3 Å². The number of benzene rings is 1. The number of hydrogen-bond acceptors (Lipinski definition) is 4. The predicted molar refractivity (Wildman–Crippen MR) is 69.2 cm³/mol. The van der Waals surface area contributed by atoms with Gasteiger partial charge in [-0.2, -0.15) is 5.10 Å². The molecule has 0 saturated heterocycles. The molecule has 102 valence electrons. The molecule has 3 N–H and O–H groups in total. The summed E-state index contributed by atoms with van der Waals surface area (Å²) in [4.78, 5) is 0. The molecule has 1 atom stereocenters. The van der Waals surface area contributed by atoms with E-state index in [-0.39, 0.29) is 12.2 Å². The van der Waals surface area contributed by atoms with Crippen molar-refractivity contribution in [3.8, 4) is 5.75 Å². The minimum absolute atomic E-state index is 0.180. The van der Waals surface area contributed by atoms with E-state index in [1.807, 2.05) is 0 Å². The third kappa shape index (κ3) is 2.68. The summed E-state index contributed by atoms with van der Waals surface area (Å²) in [6.07, 6.45) is 0.956. The summed E-state index contributed by atoms with van der Waals surface area (Å²) < 4.78 is 19.9. The van der Waals surface area contributed by atoms with Crippen LogP contribution in [0.4, 0.5) is 10.2 Å². The smallest absolute Gasteiger partial charge is 0.165 e. The minimum Gasteiger partial charge on any atom is -0.494 e. The number of methoxy groups -OCH3 is 1. The Morgan fingerprint density at radius 1 is 1.53 bits per heavy atom. The lowest BCUT2D eigenvalue weighted by molar-refractivity contribution is 0.179. The van der Waals surface area contributed by atoms with E-state index in [4.69, 9.17) is 10.5 Å². The molecule has 0 amide bonds. The van der Waals surface area contributed by atoms with Crippen molar-refractivity contribution in [3.05, 3.63) is 41.3 Å². The van der Waals surface area contributed by atoms with Crippen molar-refractivity contribution in [2.75, 3.05) is 12.8 Å². The van der Waals surface area contributed by atoms with Gasteiger partial charge in [-0.3, -0.25) is 4.68 Å². The summed E-state index contributed by atoms with van der Waals surface area (Å²) in [6.45, 7) is 0. The monoisotopic (exact) mass is 265 g/mol. The van der Waals surface area contributed by atoms with Crippen molar-refractivity contribution in [2.24, 2.45) is 7.05 Å². The molecule has 1 aromatic heterocycles. The van der Waals surface area contributed by atoms with Gasteiger partial charge in [0.15, 0.2) is 11.6 Å². The van der Waals surface area contributed by atoms with Gasteiger partial charge in [0.25, 0.3) is 0 Å². The molecule has 0 aliphatic rings. The highest BCUT2D eigenvalue weighted by atomic mass is 19.1. The number of hydrogen-bond donors (Lipinski definition) is 2. The summed E-state index contributed by atoms with van der Waals surface area (Å²) in [5.41, 5.74) is 6.98. The molecule has 1 unspecified atom stereocenters. The number of ether oxygens (including phenoxy) is 1. The maximum Gasteiger partial charge on any atom is 0.165 e. The lowest BCUT2D eigenvalue weighted by Gasteiger charge is -2.11. The van der Waals surface area contributed by atoms with E-state index in [0.717, 1.165) is 0 Å². The Morgan fingerprint density at radius 3 is 2.79 bits per heavy atom. The number of nitrogen functional groups attached to an aromatic ring is 1. The van der Waals surface area contributed by atoms with Gasteiger partial charge in [0.1, 0.15) is 5.82 Å². The second-order valence-corrected chi connectivity index (χ2v) is 4.30. The van der Waals surface area contributed by atoms with Gasteiger partial charge in [-0.15, -0.1) is 0 Å². The zero-order valence-corrected chi connectivity index (χ0v) is 10.8. The van der Waals surface area contributed by atoms with E-state index in [1.165, 1.54) is 30.1 Å². The molecule has 1 aromatic carbocycles. The average molecular weight is 265 g/mol. The molecule has 0 fully saturated rings. The van der Waals surface area contributed by atoms with Crippen LogP contribution in [0.25, 0.3) is 0 Å². The number of anilines is 1. The molecular formula is C13H16FN3O2. The molecule has 1 heterocycles. The highest BCUT2D eigenvalue weighted by molar-refractivity contribution is 5.41. The molecule has 2 rings (SSSR count). The Hall–Kier alpha value is -2.08. The number of rotatable bonds is 4. The highest BCUT2D eigenvalue weighted by Crippen LogP contribution is 2.25. The maximum absolute atomic E-state index is 13.5. The number of aliphatic hydroxyl groups is 1. The fourth-order valence-electron chi connectivity index (χ4n) is 1.89. The van der Waals surface area contributed by atoms with Gasteiger partial charge in [-0.25, -0.2) is 4.39 Å². The van der Waals surface area contributed by atoms with Crippen molar-refractivity contribution >= 4 is 5.82 Å². The van der Waals surface area contributed by atoms with Gasteiger partial charge < -0.3 is 15.6 Å². The number of halogens is 1. The van der Waals surface area contributed by atoms with Crippen LogP contribution in [0.3, 0.4) is 0 Å². The highest BCUT2D eigenvalue weighted by Gasteiger charge is 2.16. The first-order valence-corrected chi connectivity index (χ1v) is 5.80. The van der Waals surface area contributed by atoms with Crippen LogP contribution < -0.4 is 10.5 Å². The maximum atomic E-state index is 13.5. The van der Waals surface area contributed by atoms with Crippen LogP contribution in [0.15, 0.2) is 24.4 Å². The van der Waals surface area contributed by atoms with E-state index in [1.54, 1.807) is 13.1 Å². The summed E-state index contributed by atoms with van der Waals surface area (Å²) in [7, 11) is 3.10. The molecule has 0 saturated carbocycles. The van der Waals surface area contributed by atoms with Gasteiger partial charge in [0.2, 0.25) is 0 Å². The van der Waals surface area contributed by atoms with Gasteiger partial charge >= 0.3 is 0 Å². The first-order valence-electron chi connectivity index (χ1n) is 5.80. The van der Waals surface area contributed by atoms with Crippen molar-refractivity contribution in [3.63, 3.8) is 0 Å². The van der Waals surface area contributed by atoms with Crippen LogP contribution in [0.1, 0.15) is 17.2 Å². The first-order chi connectivity index (χ1) is 9.02. The molecular weight excluding hydrogens is 249 g/mol. The van der Waals surface area contributed by atoms with Gasteiger partial charge in [-0.1, -0.05) is 6.07 Å². The van der Waals surface area contributed by atoms with E-state index in [9.17, 15) is 9.50 Å². The number of nitrogens with two attached hydrogens (primary N) is 1. The summed E-state index contributed by atoms with van der Waals surface area (Å²) in [5.74, 6) is 0.131. The molecule has 6 heteroatoms. The van der Waals surface area contributed by atoms with E-state index < -0.39 is 11.9 Å².